The molecule has 1 aromatic rings. The lowest BCUT2D eigenvalue weighted by molar-refractivity contribution is 0.588. The van der Waals surface area contributed by atoms with Crippen LogP contribution in [0.4, 0.5) is 0 Å². The summed E-state index contributed by atoms with van der Waals surface area (Å²) in [6.45, 7) is 1.89. The Morgan fingerprint density at radius 2 is 1.70 bits per heavy atom. The zero-order valence-corrected chi connectivity index (χ0v) is 14.7. The molecular weight excluding hydrogens is 336 g/mol. The zero-order valence-electron chi connectivity index (χ0n) is 12.3. The minimum absolute atomic E-state index is 0.240. The number of halogens is 1. The van der Waals surface area contributed by atoms with Crippen LogP contribution in [0, 0.1) is 6.92 Å². The first-order valence-electron chi connectivity index (χ1n) is 7.49. The molecule has 0 fully saturated rings. The van der Waals surface area contributed by atoms with Crippen molar-refractivity contribution in [3.8, 4) is 0 Å². The Morgan fingerprint density at radius 3 is 2.30 bits per heavy atom. The summed E-state index contributed by atoms with van der Waals surface area (Å²) >= 11 is 5.15. The van der Waals surface area contributed by atoms with Crippen LogP contribution < -0.4 is 5.69 Å². The first-order chi connectivity index (χ1) is 9.72. The number of alkyl halides is 1. The number of hydrogen-bond acceptors (Lipinski definition) is 3. The maximum atomic E-state index is 11.2. The molecule has 3 nitrogen and oxygen atoms in total. The van der Waals surface area contributed by atoms with Gasteiger partial charge in [0.2, 0.25) is 0 Å². The van der Waals surface area contributed by atoms with Gasteiger partial charge in [0.05, 0.1) is 0 Å². The fourth-order valence-corrected chi connectivity index (χ4v) is 3.42. The molecule has 1 heterocycles. The molecule has 0 saturated heterocycles. The van der Waals surface area contributed by atoms with Crippen LogP contribution >= 0.6 is 27.7 Å². The topological polar surface area (TPSA) is 45.8 Å². The van der Waals surface area contributed by atoms with E-state index in [-0.39, 0.29) is 5.69 Å². The van der Waals surface area contributed by atoms with Crippen molar-refractivity contribution in [3.05, 3.63) is 22.2 Å². The first kappa shape index (κ1) is 17.8. The molecule has 0 amide bonds. The standard InChI is InChI=1S/C15H25BrN2OS/c1-13-12-14(18-15(19)17-13)20-11-9-7-5-3-2-4-6-8-10-16/h12H,2-11H2,1H3,(H,17,18,19). The Morgan fingerprint density at radius 1 is 1.10 bits per heavy atom. The molecule has 0 atom stereocenters. The van der Waals surface area contributed by atoms with E-state index >= 15 is 0 Å². The van der Waals surface area contributed by atoms with Crippen LogP contribution in [0.5, 0.6) is 0 Å². The highest BCUT2D eigenvalue weighted by Crippen LogP contribution is 2.17. The summed E-state index contributed by atoms with van der Waals surface area (Å²) in [6, 6.07) is 1.94. The molecule has 0 aliphatic heterocycles. The summed E-state index contributed by atoms with van der Waals surface area (Å²) < 4.78 is 0. The smallest absolute Gasteiger partial charge is 0.310 e. The highest BCUT2D eigenvalue weighted by Gasteiger charge is 1.99. The number of aromatic amines is 1. The van der Waals surface area contributed by atoms with Crippen molar-refractivity contribution < 1.29 is 0 Å². The van der Waals surface area contributed by atoms with Crippen molar-refractivity contribution in [1.29, 1.82) is 0 Å². The van der Waals surface area contributed by atoms with Gasteiger partial charge in [-0.2, -0.15) is 4.98 Å². The fraction of sp³-hybridized carbons (Fsp3) is 0.733. The van der Waals surface area contributed by atoms with Gasteiger partial charge in [0, 0.05) is 11.0 Å². The number of unbranched alkanes of at least 4 members (excludes halogenated alkanes) is 7. The molecule has 1 rings (SSSR count). The van der Waals surface area contributed by atoms with Gasteiger partial charge in [0.15, 0.2) is 0 Å². The molecule has 114 valence electrons. The molecular formula is C15H25BrN2OS. The number of aryl methyl sites for hydroxylation is 1. The summed E-state index contributed by atoms with van der Waals surface area (Å²) in [7, 11) is 0. The molecule has 20 heavy (non-hydrogen) atoms. The molecule has 1 aromatic heterocycles. The largest absolute Gasteiger partial charge is 0.346 e. The zero-order chi connectivity index (χ0) is 14.6. The summed E-state index contributed by atoms with van der Waals surface area (Å²) in [5.41, 5.74) is 0.645. The summed E-state index contributed by atoms with van der Waals surface area (Å²) in [5.74, 6) is 1.06. The monoisotopic (exact) mass is 360 g/mol. The van der Waals surface area contributed by atoms with E-state index in [2.05, 4.69) is 25.9 Å². The lowest BCUT2D eigenvalue weighted by Crippen LogP contribution is -2.11. The quantitative estimate of drug-likeness (QED) is 0.269. The number of aromatic nitrogens is 2. The van der Waals surface area contributed by atoms with Crippen molar-refractivity contribution >= 4 is 27.7 Å². The Labute approximate surface area is 134 Å². The average molecular weight is 361 g/mol. The van der Waals surface area contributed by atoms with Crippen LogP contribution in [0.3, 0.4) is 0 Å². The van der Waals surface area contributed by atoms with Crippen molar-refractivity contribution in [2.75, 3.05) is 11.1 Å². The third-order valence-corrected chi connectivity index (χ3v) is 4.69. The molecule has 5 heteroatoms. The SMILES string of the molecule is Cc1cc(SCCCCCCCCCCBr)nc(=O)[nH]1. The van der Waals surface area contributed by atoms with Crippen LogP contribution in [-0.2, 0) is 0 Å². The van der Waals surface area contributed by atoms with Gasteiger partial charge in [-0.25, -0.2) is 4.79 Å². The third-order valence-electron chi connectivity index (χ3n) is 3.13. The number of thioether (sulfide) groups is 1. The van der Waals surface area contributed by atoms with Gasteiger partial charge in [0.25, 0.3) is 0 Å². The molecule has 0 spiro atoms. The average Bonchev–Trinajstić information content (AvgIpc) is 2.40. The highest BCUT2D eigenvalue weighted by atomic mass is 79.9. The van der Waals surface area contributed by atoms with Crippen molar-refractivity contribution in [1.82, 2.24) is 9.97 Å². The highest BCUT2D eigenvalue weighted by molar-refractivity contribution is 9.09. The molecule has 0 aromatic carbocycles. The summed E-state index contributed by atoms with van der Waals surface area (Å²) in [6.07, 6.45) is 10.6. The fourth-order valence-electron chi connectivity index (χ4n) is 2.06. The van der Waals surface area contributed by atoms with Crippen LogP contribution in [0.15, 0.2) is 15.9 Å². The number of rotatable bonds is 11. The van der Waals surface area contributed by atoms with Crippen molar-refractivity contribution in [2.45, 2.75) is 63.3 Å². The Kier molecular flexibility index (Phi) is 10.1. The Hall–Kier alpha value is -0.290. The van der Waals surface area contributed by atoms with Crippen LogP contribution in [0.25, 0.3) is 0 Å². The van der Waals surface area contributed by atoms with Crippen LogP contribution in [0.2, 0.25) is 0 Å². The summed E-state index contributed by atoms with van der Waals surface area (Å²) in [5, 5.41) is 1.99. The van der Waals surface area contributed by atoms with Gasteiger partial charge in [0.1, 0.15) is 5.03 Å². The lowest BCUT2D eigenvalue weighted by Gasteiger charge is -2.02. The normalized spacial score (nSPS) is 10.9. The minimum Gasteiger partial charge on any atom is -0.310 e. The lowest BCUT2D eigenvalue weighted by atomic mass is 10.1. The van der Waals surface area contributed by atoms with E-state index in [9.17, 15) is 4.79 Å². The van der Waals surface area contributed by atoms with E-state index in [4.69, 9.17) is 0 Å². The van der Waals surface area contributed by atoms with E-state index < -0.39 is 0 Å². The van der Waals surface area contributed by atoms with Crippen LogP contribution in [0.1, 0.15) is 57.1 Å². The third kappa shape index (κ3) is 8.80. The van der Waals surface area contributed by atoms with Gasteiger partial charge in [-0.05, 0) is 31.6 Å². The maximum Gasteiger partial charge on any atom is 0.346 e. The molecule has 1 N–H and O–H groups in total. The molecule has 0 saturated carbocycles. The second-order valence-corrected chi connectivity index (χ2v) is 6.98. The van der Waals surface area contributed by atoms with Gasteiger partial charge >= 0.3 is 5.69 Å². The summed E-state index contributed by atoms with van der Waals surface area (Å²) in [4.78, 5) is 17.8. The predicted octanol–water partition coefficient (Wildman–Crippen LogP) is 4.69. The van der Waals surface area contributed by atoms with Crippen LogP contribution in [-0.4, -0.2) is 21.1 Å². The van der Waals surface area contributed by atoms with E-state index in [1.807, 2.05) is 13.0 Å². The second-order valence-electron chi connectivity index (χ2n) is 5.07. The predicted molar refractivity (Wildman–Crippen MR) is 91.0 cm³/mol. The maximum absolute atomic E-state index is 11.2. The molecule has 0 aliphatic carbocycles. The number of hydrogen-bond donors (Lipinski definition) is 1. The Bertz CT molecular complexity index is 423. The Balaban J connectivity index is 1.98. The molecule has 0 aliphatic rings. The second kappa shape index (κ2) is 11.4. The van der Waals surface area contributed by atoms with E-state index in [1.165, 1.54) is 51.4 Å². The van der Waals surface area contributed by atoms with Crippen molar-refractivity contribution in [3.63, 3.8) is 0 Å². The first-order valence-corrected chi connectivity index (χ1v) is 9.60. The van der Waals surface area contributed by atoms with Gasteiger partial charge < -0.3 is 4.98 Å². The van der Waals surface area contributed by atoms with Gasteiger partial charge in [-0.15, -0.1) is 11.8 Å². The van der Waals surface area contributed by atoms with E-state index in [0.29, 0.717) is 0 Å². The number of H-pyrrole nitrogens is 1. The van der Waals surface area contributed by atoms with E-state index in [1.54, 1.807) is 11.8 Å². The minimum atomic E-state index is -0.240. The van der Waals surface area contributed by atoms with Gasteiger partial charge in [-0.3, -0.25) is 0 Å². The molecule has 0 radical (unpaired) electrons. The number of nitrogens with zero attached hydrogens (tertiary/aromatic N) is 1. The van der Waals surface area contributed by atoms with E-state index in [0.717, 1.165) is 21.8 Å². The molecule has 0 unspecified atom stereocenters. The van der Waals surface area contributed by atoms with Crippen molar-refractivity contribution in [2.24, 2.45) is 0 Å². The number of nitrogens with one attached hydrogen (secondary N) is 1. The molecule has 0 bridgehead atoms. The van der Waals surface area contributed by atoms with Gasteiger partial charge in [-0.1, -0.05) is 54.5 Å².